The molecule has 1 saturated heterocycles. The standard InChI is InChI=1S/C16H22N6O/c1-3-7-17-14-13-15(22(8-4-2)11-18-13)20-16(19-14)21-9-5-12(23)6-10-21/h3,11H,1,4-10H2,2H3,(H,17,19,20). The first-order valence-electron chi connectivity index (χ1n) is 8.07. The summed E-state index contributed by atoms with van der Waals surface area (Å²) in [5.74, 6) is 1.69. The molecule has 0 saturated carbocycles. The van der Waals surface area contributed by atoms with Crippen molar-refractivity contribution in [1.82, 2.24) is 19.5 Å². The second-order valence-electron chi connectivity index (χ2n) is 5.68. The number of imidazole rings is 1. The lowest BCUT2D eigenvalue weighted by Gasteiger charge is -2.26. The van der Waals surface area contributed by atoms with E-state index in [2.05, 4.69) is 38.3 Å². The molecule has 0 amide bonds. The molecule has 1 fully saturated rings. The van der Waals surface area contributed by atoms with Crippen LogP contribution in [0.5, 0.6) is 0 Å². The molecule has 0 unspecified atom stereocenters. The molecule has 1 aliphatic heterocycles. The number of hydrogen-bond donors (Lipinski definition) is 1. The highest BCUT2D eigenvalue weighted by atomic mass is 16.1. The summed E-state index contributed by atoms with van der Waals surface area (Å²) >= 11 is 0. The molecule has 1 N–H and O–H groups in total. The molecule has 2 aromatic rings. The molecule has 0 spiro atoms. The Morgan fingerprint density at radius 3 is 2.83 bits per heavy atom. The van der Waals surface area contributed by atoms with Crippen molar-refractivity contribution in [3.63, 3.8) is 0 Å². The fourth-order valence-electron chi connectivity index (χ4n) is 2.73. The number of rotatable bonds is 6. The zero-order chi connectivity index (χ0) is 16.2. The average Bonchev–Trinajstić information content (AvgIpc) is 2.97. The van der Waals surface area contributed by atoms with Crippen LogP contribution in [-0.2, 0) is 11.3 Å². The van der Waals surface area contributed by atoms with E-state index < -0.39 is 0 Å². The summed E-state index contributed by atoms with van der Waals surface area (Å²) in [6, 6.07) is 0. The number of nitrogens with zero attached hydrogens (tertiary/aromatic N) is 5. The number of piperidine rings is 1. The van der Waals surface area contributed by atoms with E-state index in [0.29, 0.717) is 44.2 Å². The van der Waals surface area contributed by atoms with Gasteiger partial charge in [0.25, 0.3) is 0 Å². The molecular formula is C16H22N6O. The molecule has 0 aromatic carbocycles. The normalized spacial score (nSPS) is 15.2. The third-order valence-corrected chi connectivity index (χ3v) is 3.93. The van der Waals surface area contributed by atoms with Gasteiger partial charge in [0, 0.05) is 39.0 Å². The minimum absolute atomic E-state index is 0.309. The number of ketones is 1. The minimum Gasteiger partial charge on any atom is -0.365 e. The van der Waals surface area contributed by atoms with Crippen LogP contribution in [0.25, 0.3) is 11.2 Å². The SMILES string of the molecule is C=CCNc1nc(N2CCC(=O)CC2)nc2c1ncn2CCC. The van der Waals surface area contributed by atoms with Gasteiger partial charge < -0.3 is 14.8 Å². The quantitative estimate of drug-likeness (QED) is 0.822. The number of carbonyl (C=O) groups excluding carboxylic acids is 1. The monoisotopic (exact) mass is 314 g/mol. The molecule has 0 atom stereocenters. The molecule has 3 heterocycles. The van der Waals surface area contributed by atoms with Crippen molar-refractivity contribution in [2.75, 3.05) is 29.9 Å². The number of aromatic nitrogens is 4. The van der Waals surface area contributed by atoms with Crippen molar-refractivity contribution in [2.24, 2.45) is 0 Å². The predicted octanol–water partition coefficient (Wildman–Crippen LogP) is 2.00. The van der Waals surface area contributed by atoms with Gasteiger partial charge in [-0.25, -0.2) is 4.98 Å². The van der Waals surface area contributed by atoms with Crippen LogP contribution in [0, 0.1) is 0 Å². The van der Waals surface area contributed by atoms with E-state index in [1.54, 1.807) is 6.08 Å². The van der Waals surface area contributed by atoms with Gasteiger partial charge in [-0.3, -0.25) is 4.79 Å². The van der Waals surface area contributed by atoms with Crippen LogP contribution in [0.3, 0.4) is 0 Å². The lowest BCUT2D eigenvalue weighted by molar-refractivity contribution is -0.119. The number of fused-ring (bicyclic) bond motifs is 1. The Kier molecular flexibility index (Phi) is 4.55. The minimum atomic E-state index is 0.309. The number of carbonyl (C=O) groups is 1. The third kappa shape index (κ3) is 3.18. The van der Waals surface area contributed by atoms with Crippen molar-refractivity contribution in [3.8, 4) is 0 Å². The Hall–Kier alpha value is -2.44. The zero-order valence-electron chi connectivity index (χ0n) is 13.5. The molecular weight excluding hydrogens is 292 g/mol. The smallest absolute Gasteiger partial charge is 0.229 e. The molecule has 122 valence electrons. The van der Waals surface area contributed by atoms with Gasteiger partial charge in [-0.05, 0) is 6.42 Å². The van der Waals surface area contributed by atoms with E-state index in [9.17, 15) is 4.79 Å². The number of hydrogen-bond acceptors (Lipinski definition) is 6. The van der Waals surface area contributed by atoms with Gasteiger partial charge in [0.15, 0.2) is 17.0 Å². The van der Waals surface area contributed by atoms with Gasteiger partial charge in [0.2, 0.25) is 5.95 Å². The Labute approximate surface area is 135 Å². The van der Waals surface area contributed by atoms with E-state index in [-0.39, 0.29) is 0 Å². The second-order valence-corrected chi connectivity index (χ2v) is 5.68. The van der Waals surface area contributed by atoms with Crippen LogP contribution in [0.15, 0.2) is 19.0 Å². The topological polar surface area (TPSA) is 75.9 Å². The van der Waals surface area contributed by atoms with E-state index in [1.165, 1.54) is 0 Å². The van der Waals surface area contributed by atoms with Crippen LogP contribution in [-0.4, -0.2) is 44.9 Å². The number of aryl methyl sites for hydroxylation is 1. The molecule has 0 aliphatic carbocycles. The molecule has 2 aromatic heterocycles. The molecule has 7 nitrogen and oxygen atoms in total. The van der Waals surface area contributed by atoms with Crippen molar-refractivity contribution < 1.29 is 4.79 Å². The summed E-state index contributed by atoms with van der Waals surface area (Å²) in [6.45, 7) is 8.69. The molecule has 0 radical (unpaired) electrons. The number of nitrogens with one attached hydrogen (secondary N) is 1. The van der Waals surface area contributed by atoms with E-state index in [1.807, 2.05) is 6.33 Å². The van der Waals surface area contributed by atoms with Gasteiger partial charge >= 0.3 is 0 Å². The van der Waals surface area contributed by atoms with Crippen LogP contribution >= 0.6 is 0 Å². The van der Waals surface area contributed by atoms with Crippen LogP contribution in [0.4, 0.5) is 11.8 Å². The summed E-state index contributed by atoms with van der Waals surface area (Å²) < 4.78 is 2.05. The molecule has 0 bridgehead atoms. The van der Waals surface area contributed by atoms with Gasteiger partial charge in [-0.2, -0.15) is 9.97 Å². The maximum Gasteiger partial charge on any atom is 0.229 e. The molecule has 1 aliphatic rings. The maximum absolute atomic E-state index is 11.5. The van der Waals surface area contributed by atoms with Gasteiger partial charge in [0.05, 0.1) is 6.33 Å². The summed E-state index contributed by atoms with van der Waals surface area (Å²) in [6.07, 6.45) is 5.73. The fraction of sp³-hybridized carbons (Fsp3) is 0.500. The first-order chi connectivity index (χ1) is 11.2. The van der Waals surface area contributed by atoms with Crippen LogP contribution < -0.4 is 10.2 Å². The largest absolute Gasteiger partial charge is 0.365 e. The number of Topliss-reactive ketones (excluding diaryl/α,β-unsaturated/α-hetero) is 1. The van der Waals surface area contributed by atoms with Gasteiger partial charge in [-0.1, -0.05) is 13.0 Å². The third-order valence-electron chi connectivity index (χ3n) is 3.93. The first-order valence-corrected chi connectivity index (χ1v) is 8.07. The Bertz CT molecular complexity index is 713. The lowest BCUT2D eigenvalue weighted by atomic mass is 10.1. The van der Waals surface area contributed by atoms with E-state index >= 15 is 0 Å². The highest BCUT2D eigenvalue weighted by molar-refractivity contribution is 5.85. The van der Waals surface area contributed by atoms with E-state index in [0.717, 1.165) is 29.9 Å². The van der Waals surface area contributed by atoms with Crippen LogP contribution in [0.2, 0.25) is 0 Å². The summed E-state index contributed by atoms with van der Waals surface area (Å²) in [4.78, 5) is 27.3. The zero-order valence-corrected chi connectivity index (χ0v) is 13.5. The maximum atomic E-state index is 11.5. The molecule has 7 heteroatoms. The van der Waals surface area contributed by atoms with Gasteiger partial charge in [-0.15, -0.1) is 6.58 Å². The van der Waals surface area contributed by atoms with E-state index in [4.69, 9.17) is 4.98 Å². The average molecular weight is 314 g/mol. The number of anilines is 2. The van der Waals surface area contributed by atoms with Crippen molar-refractivity contribution >= 4 is 28.7 Å². The highest BCUT2D eigenvalue weighted by Gasteiger charge is 2.21. The Morgan fingerprint density at radius 1 is 1.35 bits per heavy atom. The van der Waals surface area contributed by atoms with Crippen LogP contribution in [0.1, 0.15) is 26.2 Å². The Morgan fingerprint density at radius 2 is 2.13 bits per heavy atom. The Balaban J connectivity index is 2.01. The van der Waals surface area contributed by atoms with Gasteiger partial charge in [0.1, 0.15) is 5.78 Å². The lowest BCUT2D eigenvalue weighted by Crippen LogP contribution is -2.35. The highest BCUT2D eigenvalue weighted by Crippen LogP contribution is 2.24. The van der Waals surface area contributed by atoms with Crippen molar-refractivity contribution in [2.45, 2.75) is 32.7 Å². The molecule has 23 heavy (non-hydrogen) atoms. The van der Waals surface area contributed by atoms with Crippen molar-refractivity contribution in [1.29, 1.82) is 0 Å². The fourth-order valence-corrected chi connectivity index (χ4v) is 2.73. The summed E-state index contributed by atoms with van der Waals surface area (Å²) in [7, 11) is 0. The summed E-state index contributed by atoms with van der Waals surface area (Å²) in [5, 5.41) is 3.24. The second kappa shape index (κ2) is 6.76. The first kappa shape index (κ1) is 15.5. The predicted molar refractivity (Wildman–Crippen MR) is 90.8 cm³/mol. The molecule has 3 rings (SSSR count). The summed E-state index contributed by atoms with van der Waals surface area (Å²) in [5.41, 5.74) is 1.61. The van der Waals surface area contributed by atoms with Crippen molar-refractivity contribution in [3.05, 3.63) is 19.0 Å².